The topological polar surface area (TPSA) is 21.3 Å². The lowest BCUT2D eigenvalue weighted by atomic mass is 9.92. The van der Waals surface area contributed by atoms with Crippen LogP contribution in [0.25, 0.3) is 0 Å². The second-order valence-corrected chi connectivity index (χ2v) is 12.7. The minimum atomic E-state index is -1.61. The van der Waals surface area contributed by atoms with Crippen LogP contribution < -0.4 is 5.32 Å². The van der Waals surface area contributed by atoms with E-state index in [2.05, 4.69) is 56.0 Å². The van der Waals surface area contributed by atoms with E-state index in [1.165, 1.54) is 5.56 Å². The van der Waals surface area contributed by atoms with Crippen LogP contribution in [0, 0.1) is 5.92 Å². The molecule has 2 atom stereocenters. The lowest BCUT2D eigenvalue weighted by Crippen LogP contribution is -2.42. The van der Waals surface area contributed by atoms with Crippen molar-refractivity contribution in [3.05, 3.63) is 22.4 Å². The maximum absolute atomic E-state index is 6.41. The smallest absolute Gasteiger partial charge is 0.191 e. The molecule has 1 aliphatic heterocycles. The van der Waals surface area contributed by atoms with E-state index in [9.17, 15) is 0 Å². The molecule has 0 spiro atoms. The number of nitrogens with one attached hydrogen (secondary N) is 1. The molecule has 0 aliphatic carbocycles. The molecule has 0 aromatic carbocycles. The molecular weight excluding hydrogens is 270 g/mol. The SMILES string of the molecule is CC(C)(C)[Si](C)(C)OC[C@@H]1CNC[C@@H]1c1ccsc1. The van der Waals surface area contributed by atoms with Gasteiger partial charge in [-0.25, -0.2) is 0 Å². The molecule has 0 unspecified atom stereocenters. The minimum Gasteiger partial charge on any atom is -0.416 e. The molecule has 0 radical (unpaired) electrons. The van der Waals surface area contributed by atoms with Crippen LogP contribution in [0.2, 0.25) is 18.1 Å². The molecule has 4 heteroatoms. The first-order valence-corrected chi connectivity index (χ1v) is 11.0. The van der Waals surface area contributed by atoms with Crippen LogP contribution in [0.4, 0.5) is 0 Å². The van der Waals surface area contributed by atoms with Gasteiger partial charge >= 0.3 is 0 Å². The first kappa shape index (κ1) is 15.2. The van der Waals surface area contributed by atoms with Gasteiger partial charge in [0.25, 0.3) is 0 Å². The maximum Gasteiger partial charge on any atom is 0.191 e. The summed E-state index contributed by atoms with van der Waals surface area (Å²) in [6.07, 6.45) is 0. The van der Waals surface area contributed by atoms with Crippen LogP contribution in [-0.4, -0.2) is 28.0 Å². The molecule has 2 heterocycles. The van der Waals surface area contributed by atoms with Crippen LogP contribution in [-0.2, 0) is 4.43 Å². The Balaban J connectivity index is 1.96. The molecule has 2 nitrogen and oxygen atoms in total. The Hall–Kier alpha value is -0.163. The third-order valence-corrected chi connectivity index (χ3v) is 9.98. The van der Waals surface area contributed by atoms with Crippen molar-refractivity contribution in [1.82, 2.24) is 5.32 Å². The fourth-order valence-electron chi connectivity index (χ4n) is 2.32. The summed E-state index contributed by atoms with van der Waals surface area (Å²) in [4.78, 5) is 0. The van der Waals surface area contributed by atoms with Crippen molar-refractivity contribution in [3.8, 4) is 0 Å². The van der Waals surface area contributed by atoms with Crippen LogP contribution in [0.15, 0.2) is 16.8 Å². The van der Waals surface area contributed by atoms with E-state index < -0.39 is 8.32 Å². The second kappa shape index (κ2) is 5.68. The Morgan fingerprint density at radius 3 is 2.68 bits per heavy atom. The monoisotopic (exact) mass is 297 g/mol. The van der Waals surface area contributed by atoms with Gasteiger partial charge in [-0.15, -0.1) is 0 Å². The number of thiophene rings is 1. The van der Waals surface area contributed by atoms with E-state index >= 15 is 0 Å². The Morgan fingerprint density at radius 2 is 2.11 bits per heavy atom. The zero-order chi connectivity index (χ0) is 14.1. The quantitative estimate of drug-likeness (QED) is 0.846. The summed E-state index contributed by atoms with van der Waals surface area (Å²) in [6.45, 7) is 14.7. The molecule has 1 aliphatic rings. The molecule has 19 heavy (non-hydrogen) atoms. The highest BCUT2D eigenvalue weighted by Crippen LogP contribution is 2.38. The van der Waals surface area contributed by atoms with E-state index in [0.717, 1.165) is 19.7 Å². The molecule has 1 aromatic rings. The fraction of sp³-hybridized carbons (Fsp3) is 0.733. The van der Waals surface area contributed by atoms with Gasteiger partial charge in [-0.05, 0) is 40.5 Å². The molecule has 108 valence electrons. The van der Waals surface area contributed by atoms with Crippen LogP contribution in [0.3, 0.4) is 0 Å². The lowest BCUT2D eigenvalue weighted by molar-refractivity contribution is 0.227. The van der Waals surface area contributed by atoms with Gasteiger partial charge in [0.15, 0.2) is 8.32 Å². The normalized spacial score (nSPS) is 24.9. The molecule has 0 bridgehead atoms. The average molecular weight is 298 g/mol. The van der Waals surface area contributed by atoms with Gasteiger partial charge in [-0.3, -0.25) is 0 Å². The molecule has 1 saturated heterocycles. The standard InChI is InChI=1S/C15H27NOSSi/c1-15(2,3)19(4,5)17-10-13-8-16-9-14(13)12-6-7-18-11-12/h6-7,11,13-14,16H,8-10H2,1-5H3/t13-,14+/m0/s1. The van der Waals surface area contributed by atoms with E-state index in [-0.39, 0.29) is 0 Å². The van der Waals surface area contributed by atoms with Crippen molar-refractivity contribution in [3.63, 3.8) is 0 Å². The molecule has 0 saturated carbocycles. The molecular formula is C15H27NOSSi. The van der Waals surface area contributed by atoms with Crippen molar-refractivity contribution in [2.45, 2.75) is 44.8 Å². The first-order valence-electron chi connectivity index (χ1n) is 7.18. The lowest BCUT2D eigenvalue weighted by Gasteiger charge is -2.37. The van der Waals surface area contributed by atoms with E-state index in [0.29, 0.717) is 16.9 Å². The van der Waals surface area contributed by atoms with Crippen LogP contribution in [0.5, 0.6) is 0 Å². The third-order valence-electron chi connectivity index (χ3n) is 4.78. The average Bonchev–Trinajstić information content (AvgIpc) is 2.95. The number of hydrogen-bond donors (Lipinski definition) is 1. The van der Waals surface area contributed by atoms with Gasteiger partial charge in [-0.2, -0.15) is 11.3 Å². The minimum absolute atomic E-state index is 0.302. The summed E-state index contributed by atoms with van der Waals surface area (Å²) in [5, 5.41) is 8.30. The number of rotatable bonds is 4. The molecule has 1 fully saturated rings. The summed E-state index contributed by atoms with van der Waals surface area (Å²) >= 11 is 1.80. The van der Waals surface area contributed by atoms with Crippen molar-refractivity contribution in [1.29, 1.82) is 0 Å². The molecule has 2 rings (SSSR count). The van der Waals surface area contributed by atoms with Crippen molar-refractivity contribution < 1.29 is 4.43 Å². The highest BCUT2D eigenvalue weighted by Gasteiger charge is 2.39. The third kappa shape index (κ3) is 3.48. The first-order chi connectivity index (χ1) is 8.81. The fourth-order valence-corrected chi connectivity index (χ4v) is 4.10. The summed E-state index contributed by atoms with van der Waals surface area (Å²) in [5.41, 5.74) is 1.49. The molecule has 1 aromatic heterocycles. The highest BCUT2D eigenvalue weighted by atomic mass is 32.1. The van der Waals surface area contributed by atoms with Gasteiger partial charge < -0.3 is 9.74 Å². The molecule has 0 amide bonds. The Bertz CT molecular complexity index is 397. The van der Waals surface area contributed by atoms with Gasteiger partial charge in [0, 0.05) is 31.5 Å². The number of hydrogen-bond acceptors (Lipinski definition) is 3. The van der Waals surface area contributed by atoms with E-state index in [4.69, 9.17) is 4.43 Å². The Kier molecular flexibility index (Phi) is 4.55. The van der Waals surface area contributed by atoms with Gasteiger partial charge in [0.05, 0.1) is 0 Å². The summed E-state index contributed by atoms with van der Waals surface area (Å²) in [6, 6.07) is 2.27. The van der Waals surface area contributed by atoms with Gasteiger partial charge in [0.2, 0.25) is 0 Å². The van der Waals surface area contributed by atoms with Crippen molar-refractivity contribution in [2.75, 3.05) is 19.7 Å². The summed E-state index contributed by atoms with van der Waals surface area (Å²) < 4.78 is 6.41. The highest BCUT2D eigenvalue weighted by molar-refractivity contribution is 7.08. The predicted molar refractivity (Wildman–Crippen MR) is 86.6 cm³/mol. The zero-order valence-electron chi connectivity index (χ0n) is 12.8. The van der Waals surface area contributed by atoms with Gasteiger partial charge in [-0.1, -0.05) is 20.8 Å². The van der Waals surface area contributed by atoms with Crippen molar-refractivity contribution in [2.24, 2.45) is 5.92 Å². The second-order valence-electron chi connectivity index (χ2n) is 7.15. The van der Waals surface area contributed by atoms with E-state index in [1.807, 2.05) is 0 Å². The Labute approximate surface area is 122 Å². The van der Waals surface area contributed by atoms with E-state index in [1.54, 1.807) is 11.3 Å². The van der Waals surface area contributed by atoms with Crippen LogP contribution in [0.1, 0.15) is 32.3 Å². The Morgan fingerprint density at radius 1 is 1.37 bits per heavy atom. The predicted octanol–water partition coefficient (Wildman–Crippen LogP) is 4.07. The van der Waals surface area contributed by atoms with Gasteiger partial charge in [0.1, 0.15) is 0 Å². The summed E-state index contributed by atoms with van der Waals surface area (Å²) in [5.74, 6) is 1.26. The zero-order valence-corrected chi connectivity index (χ0v) is 14.6. The summed E-state index contributed by atoms with van der Waals surface area (Å²) in [7, 11) is -1.61. The van der Waals surface area contributed by atoms with Crippen LogP contribution >= 0.6 is 11.3 Å². The van der Waals surface area contributed by atoms with Crippen molar-refractivity contribution >= 4 is 19.7 Å². The maximum atomic E-state index is 6.41. The molecule has 1 N–H and O–H groups in total. The largest absolute Gasteiger partial charge is 0.416 e.